The molecule has 1 aliphatic carbocycles. The summed E-state index contributed by atoms with van der Waals surface area (Å²) in [6.07, 6.45) is 5.95. The zero-order chi connectivity index (χ0) is 6.54. The molecular weight excluding hydrogens is 128 g/mol. The molecule has 1 saturated heterocycles. The van der Waals surface area contributed by atoms with Gasteiger partial charge in [0.25, 0.3) is 0 Å². The summed E-state index contributed by atoms with van der Waals surface area (Å²) in [5.74, 6) is 0. The van der Waals surface area contributed by atoms with Gasteiger partial charge in [-0.2, -0.15) is 0 Å². The van der Waals surface area contributed by atoms with Crippen molar-refractivity contribution in [1.29, 1.82) is 0 Å². The molecule has 52 valence electrons. The standard InChI is InChI=1S/C8H14S/c1-7(2)8(9-7)5-3-4-6-8/h3-6H2,1-2H3. The smallest absolute Gasteiger partial charge is 0.0307 e. The van der Waals surface area contributed by atoms with Crippen LogP contribution in [0.4, 0.5) is 0 Å². The van der Waals surface area contributed by atoms with Crippen LogP contribution in [0.3, 0.4) is 0 Å². The van der Waals surface area contributed by atoms with Gasteiger partial charge in [0.2, 0.25) is 0 Å². The first-order valence-electron chi connectivity index (χ1n) is 3.87. The van der Waals surface area contributed by atoms with Gasteiger partial charge in [-0.15, -0.1) is 11.8 Å². The lowest BCUT2D eigenvalue weighted by atomic mass is 9.95. The van der Waals surface area contributed by atoms with Crippen LogP contribution in [-0.2, 0) is 0 Å². The number of rotatable bonds is 0. The van der Waals surface area contributed by atoms with Crippen molar-refractivity contribution in [2.45, 2.75) is 49.0 Å². The molecular formula is C8H14S. The fraction of sp³-hybridized carbons (Fsp3) is 1.00. The third-order valence-electron chi connectivity index (χ3n) is 2.92. The lowest BCUT2D eigenvalue weighted by Crippen LogP contribution is -2.15. The van der Waals surface area contributed by atoms with Gasteiger partial charge in [0, 0.05) is 9.49 Å². The minimum absolute atomic E-state index is 0.642. The van der Waals surface area contributed by atoms with Gasteiger partial charge in [-0.25, -0.2) is 0 Å². The lowest BCUT2D eigenvalue weighted by Gasteiger charge is -2.06. The van der Waals surface area contributed by atoms with E-state index in [1.807, 2.05) is 0 Å². The molecule has 9 heavy (non-hydrogen) atoms. The highest BCUT2D eigenvalue weighted by molar-refractivity contribution is 8.09. The molecule has 0 aromatic heterocycles. The van der Waals surface area contributed by atoms with E-state index in [2.05, 4.69) is 25.6 Å². The molecule has 2 rings (SSSR count). The van der Waals surface area contributed by atoms with E-state index in [0.717, 1.165) is 4.75 Å². The quantitative estimate of drug-likeness (QED) is 0.469. The molecule has 1 heterocycles. The lowest BCUT2D eigenvalue weighted by molar-refractivity contribution is 0.576. The molecule has 0 atom stereocenters. The predicted octanol–water partition coefficient (Wildman–Crippen LogP) is 2.82. The first-order chi connectivity index (χ1) is 4.16. The molecule has 0 aromatic carbocycles. The second-order valence-corrected chi connectivity index (χ2v) is 5.82. The van der Waals surface area contributed by atoms with Crippen molar-refractivity contribution in [2.24, 2.45) is 0 Å². The second kappa shape index (κ2) is 1.50. The van der Waals surface area contributed by atoms with Gasteiger partial charge in [-0.1, -0.05) is 12.8 Å². The van der Waals surface area contributed by atoms with Crippen LogP contribution in [0.5, 0.6) is 0 Å². The topological polar surface area (TPSA) is 0 Å². The van der Waals surface area contributed by atoms with Crippen LogP contribution in [-0.4, -0.2) is 9.49 Å². The van der Waals surface area contributed by atoms with Crippen LogP contribution >= 0.6 is 11.8 Å². The molecule has 0 radical (unpaired) electrons. The maximum Gasteiger partial charge on any atom is 0.0307 e. The van der Waals surface area contributed by atoms with Crippen molar-refractivity contribution in [3.8, 4) is 0 Å². The Labute approximate surface area is 61.4 Å². The molecule has 1 heteroatoms. The fourth-order valence-electron chi connectivity index (χ4n) is 2.11. The van der Waals surface area contributed by atoms with E-state index in [4.69, 9.17) is 0 Å². The van der Waals surface area contributed by atoms with Crippen molar-refractivity contribution in [2.75, 3.05) is 0 Å². The summed E-state index contributed by atoms with van der Waals surface area (Å²) in [5.41, 5.74) is 0. The highest BCUT2D eigenvalue weighted by Crippen LogP contribution is 2.70. The largest absolute Gasteiger partial charge is 0.146 e. The van der Waals surface area contributed by atoms with Gasteiger partial charge >= 0.3 is 0 Å². The molecule has 0 unspecified atom stereocenters. The Kier molecular flexibility index (Phi) is 1.01. The average molecular weight is 142 g/mol. The third kappa shape index (κ3) is 0.674. The molecule has 0 nitrogen and oxygen atoms in total. The number of hydrogen-bond acceptors (Lipinski definition) is 1. The van der Waals surface area contributed by atoms with Crippen molar-refractivity contribution in [3.63, 3.8) is 0 Å². The molecule has 2 aliphatic rings. The van der Waals surface area contributed by atoms with E-state index in [0.29, 0.717) is 4.75 Å². The molecule has 0 N–H and O–H groups in total. The molecule has 0 aromatic rings. The monoisotopic (exact) mass is 142 g/mol. The number of hydrogen-bond donors (Lipinski definition) is 0. The number of thioether (sulfide) groups is 1. The molecule has 0 bridgehead atoms. The average Bonchev–Trinajstić information content (AvgIpc) is 2.27. The summed E-state index contributed by atoms with van der Waals surface area (Å²) in [7, 11) is 0. The Hall–Kier alpha value is 0.350. The van der Waals surface area contributed by atoms with Crippen LogP contribution < -0.4 is 0 Å². The Morgan fingerprint density at radius 3 is 1.78 bits per heavy atom. The van der Waals surface area contributed by atoms with Gasteiger partial charge in [0.05, 0.1) is 0 Å². The van der Waals surface area contributed by atoms with E-state index in [1.165, 1.54) is 25.7 Å². The van der Waals surface area contributed by atoms with E-state index < -0.39 is 0 Å². The van der Waals surface area contributed by atoms with Crippen LogP contribution in [0.1, 0.15) is 39.5 Å². The first-order valence-corrected chi connectivity index (χ1v) is 4.68. The normalized spacial score (nSPS) is 35.3. The molecule has 2 fully saturated rings. The highest BCUT2D eigenvalue weighted by atomic mass is 32.2. The van der Waals surface area contributed by atoms with Gasteiger partial charge in [-0.3, -0.25) is 0 Å². The Bertz CT molecular complexity index is 126. The Morgan fingerprint density at radius 2 is 1.56 bits per heavy atom. The van der Waals surface area contributed by atoms with Gasteiger partial charge in [0.15, 0.2) is 0 Å². The molecule has 1 spiro atoms. The van der Waals surface area contributed by atoms with Crippen molar-refractivity contribution in [1.82, 2.24) is 0 Å². The third-order valence-corrected chi connectivity index (χ3v) is 4.92. The zero-order valence-corrected chi connectivity index (χ0v) is 7.05. The maximum atomic E-state index is 2.39. The van der Waals surface area contributed by atoms with Crippen molar-refractivity contribution >= 4 is 11.8 Å². The Balaban J connectivity index is 2.13. The minimum Gasteiger partial charge on any atom is -0.146 e. The first kappa shape index (κ1) is 6.09. The Morgan fingerprint density at radius 1 is 1.11 bits per heavy atom. The van der Waals surface area contributed by atoms with Gasteiger partial charge in [0.1, 0.15) is 0 Å². The maximum absolute atomic E-state index is 2.39. The van der Waals surface area contributed by atoms with Gasteiger partial charge in [-0.05, 0) is 26.7 Å². The summed E-state index contributed by atoms with van der Waals surface area (Å²) in [6.45, 7) is 4.78. The summed E-state index contributed by atoms with van der Waals surface area (Å²) >= 11 is 2.20. The molecule has 0 amide bonds. The minimum atomic E-state index is 0.642. The second-order valence-electron chi connectivity index (χ2n) is 3.81. The summed E-state index contributed by atoms with van der Waals surface area (Å²) in [6, 6.07) is 0. The van der Waals surface area contributed by atoms with E-state index in [9.17, 15) is 0 Å². The van der Waals surface area contributed by atoms with E-state index >= 15 is 0 Å². The highest BCUT2D eigenvalue weighted by Gasteiger charge is 2.62. The molecule has 1 aliphatic heterocycles. The zero-order valence-electron chi connectivity index (χ0n) is 6.24. The summed E-state index contributed by atoms with van der Waals surface area (Å²) < 4.78 is 1.40. The van der Waals surface area contributed by atoms with Crippen LogP contribution in [0.2, 0.25) is 0 Å². The summed E-state index contributed by atoms with van der Waals surface area (Å²) in [5, 5.41) is 0. The SMILES string of the molecule is CC1(C)SC12CCCC2. The predicted molar refractivity (Wildman–Crippen MR) is 42.9 cm³/mol. The van der Waals surface area contributed by atoms with E-state index in [-0.39, 0.29) is 0 Å². The van der Waals surface area contributed by atoms with Crippen molar-refractivity contribution in [3.05, 3.63) is 0 Å². The van der Waals surface area contributed by atoms with E-state index in [1.54, 1.807) is 0 Å². The molecule has 1 saturated carbocycles. The van der Waals surface area contributed by atoms with Crippen LogP contribution in [0.15, 0.2) is 0 Å². The van der Waals surface area contributed by atoms with Gasteiger partial charge < -0.3 is 0 Å². The van der Waals surface area contributed by atoms with Crippen LogP contribution in [0, 0.1) is 0 Å². The van der Waals surface area contributed by atoms with Crippen molar-refractivity contribution < 1.29 is 0 Å². The fourth-order valence-corrected chi connectivity index (χ4v) is 3.74. The van der Waals surface area contributed by atoms with Crippen LogP contribution in [0.25, 0.3) is 0 Å². The summed E-state index contributed by atoms with van der Waals surface area (Å²) in [4.78, 5) is 0.